The molecule has 2 aliphatic rings. The van der Waals surface area contributed by atoms with Gasteiger partial charge in [0.25, 0.3) is 0 Å². The minimum absolute atomic E-state index is 1.08. The van der Waals surface area contributed by atoms with Crippen LogP contribution in [-0.2, 0) is 25.7 Å². The van der Waals surface area contributed by atoms with Crippen LogP contribution in [0.3, 0.4) is 0 Å². The van der Waals surface area contributed by atoms with Crippen LogP contribution in [0, 0.1) is 10.2 Å². The van der Waals surface area contributed by atoms with Crippen molar-refractivity contribution >= 4 is 0 Å². The van der Waals surface area contributed by atoms with Crippen LogP contribution in [0.4, 0.5) is 0 Å². The van der Waals surface area contributed by atoms with E-state index in [1.807, 2.05) is 0 Å². The van der Waals surface area contributed by atoms with E-state index < -0.39 is 10.2 Å². The fraction of sp³-hybridized carbons (Fsp3) is 0.190. The summed E-state index contributed by atoms with van der Waals surface area (Å²) in [7, 11) is -4.94. The summed E-state index contributed by atoms with van der Waals surface area (Å²) < 4.78 is 40.4. The SMILES string of the molecule is [O-][Cl+3]([O-])([O-])[O-].c1ccc2c(c1)CCc1cc3c([o+]c1-2)-c1ccccc1CC3. The van der Waals surface area contributed by atoms with Gasteiger partial charge in [-0.3, -0.25) is 0 Å². The van der Waals surface area contributed by atoms with Gasteiger partial charge in [-0.2, -0.15) is 0 Å². The molecule has 1 aromatic heterocycles. The van der Waals surface area contributed by atoms with Crippen molar-refractivity contribution in [2.24, 2.45) is 0 Å². The minimum atomic E-state index is -4.94. The van der Waals surface area contributed by atoms with Gasteiger partial charge in [0.05, 0.1) is 22.3 Å². The van der Waals surface area contributed by atoms with Crippen LogP contribution in [0.25, 0.3) is 22.6 Å². The van der Waals surface area contributed by atoms with Crippen molar-refractivity contribution in [2.45, 2.75) is 25.7 Å². The summed E-state index contributed by atoms with van der Waals surface area (Å²) in [5, 5.41) is 0. The van der Waals surface area contributed by atoms with Gasteiger partial charge in [0, 0.05) is 0 Å². The fourth-order valence-electron chi connectivity index (χ4n) is 3.86. The molecule has 2 aromatic carbocycles. The molecule has 0 fully saturated rings. The molecule has 2 aliphatic carbocycles. The Labute approximate surface area is 158 Å². The molecule has 0 N–H and O–H groups in total. The Hall–Kier alpha value is -2.28. The lowest BCUT2D eigenvalue weighted by Gasteiger charge is -2.17. The standard InChI is InChI=1S/C21H17O.ClHO4/c1-3-7-18-14(5-1)9-11-16-13-17-12-10-15-6-2-4-8-19(15)21(17)22-20(16)18;2-1(3,4)5/h1-8,13H,9-12H2;(H,2,3,4,5)/q+1;/p-1. The quantitative estimate of drug-likeness (QED) is 0.520. The first-order chi connectivity index (χ1) is 12.9. The first-order valence-corrected chi connectivity index (χ1v) is 9.91. The lowest BCUT2D eigenvalue weighted by atomic mass is 9.85. The molecule has 0 saturated heterocycles. The van der Waals surface area contributed by atoms with E-state index >= 15 is 0 Å². The second-order valence-corrected chi connectivity index (χ2v) is 7.40. The first kappa shape index (κ1) is 18.1. The Morgan fingerprint density at radius 3 is 1.41 bits per heavy atom. The third-order valence-electron chi connectivity index (χ3n) is 4.99. The third-order valence-corrected chi connectivity index (χ3v) is 4.99. The van der Waals surface area contributed by atoms with Crippen LogP contribution in [0.5, 0.6) is 0 Å². The largest absolute Gasteiger partial charge is 0.364 e. The summed E-state index contributed by atoms with van der Waals surface area (Å²) in [6.07, 6.45) is 4.41. The van der Waals surface area contributed by atoms with Gasteiger partial charge >= 0.3 is 11.5 Å². The molecule has 0 unspecified atom stereocenters. The van der Waals surface area contributed by atoms with Crippen molar-refractivity contribution in [1.82, 2.24) is 0 Å². The highest BCUT2D eigenvalue weighted by Gasteiger charge is 2.33. The molecular formula is C21H17ClO5. The van der Waals surface area contributed by atoms with Crippen molar-refractivity contribution < 1.29 is 33.3 Å². The fourth-order valence-corrected chi connectivity index (χ4v) is 3.86. The van der Waals surface area contributed by atoms with Gasteiger partial charge in [0.2, 0.25) is 0 Å². The summed E-state index contributed by atoms with van der Waals surface area (Å²) in [5.74, 6) is 2.16. The zero-order valence-electron chi connectivity index (χ0n) is 14.4. The summed E-state index contributed by atoms with van der Waals surface area (Å²) in [4.78, 5) is 0. The summed E-state index contributed by atoms with van der Waals surface area (Å²) in [5.41, 5.74) is 8.10. The summed E-state index contributed by atoms with van der Waals surface area (Å²) in [6.45, 7) is 0. The monoisotopic (exact) mass is 384 g/mol. The number of hydrogen-bond donors (Lipinski definition) is 0. The zero-order valence-corrected chi connectivity index (χ0v) is 15.2. The normalized spacial score (nSPS) is 14.1. The molecular weight excluding hydrogens is 368 g/mol. The van der Waals surface area contributed by atoms with Crippen LogP contribution in [0.2, 0.25) is 0 Å². The van der Waals surface area contributed by atoms with E-state index in [0.717, 1.165) is 37.2 Å². The summed E-state index contributed by atoms with van der Waals surface area (Å²) >= 11 is 0. The van der Waals surface area contributed by atoms with Gasteiger partial charge in [-0.05, 0) is 55.0 Å². The van der Waals surface area contributed by atoms with Gasteiger partial charge in [0.1, 0.15) is 0 Å². The predicted octanol–water partition coefficient (Wildman–Crippen LogP) is 0.336. The molecule has 0 radical (unpaired) electrons. The lowest BCUT2D eigenvalue weighted by molar-refractivity contribution is -2.00. The molecule has 1 heterocycles. The zero-order chi connectivity index (χ0) is 19.0. The number of halogens is 1. The maximum Gasteiger partial charge on any atom is 0.364 e. The third kappa shape index (κ3) is 3.88. The lowest BCUT2D eigenvalue weighted by Crippen LogP contribution is -2.68. The van der Waals surface area contributed by atoms with Crippen molar-refractivity contribution in [3.63, 3.8) is 0 Å². The van der Waals surface area contributed by atoms with E-state index in [0.29, 0.717) is 0 Å². The van der Waals surface area contributed by atoms with Gasteiger partial charge in [0.15, 0.2) is 0 Å². The number of fused-ring (bicyclic) bond motifs is 6. The Morgan fingerprint density at radius 2 is 0.963 bits per heavy atom. The van der Waals surface area contributed by atoms with Gasteiger partial charge in [-0.1, -0.05) is 36.4 Å². The second-order valence-electron chi connectivity index (χ2n) is 6.65. The Bertz CT molecular complexity index is 917. The average molecular weight is 385 g/mol. The van der Waals surface area contributed by atoms with E-state index in [9.17, 15) is 0 Å². The highest BCUT2D eigenvalue weighted by molar-refractivity contribution is 5.74. The summed E-state index contributed by atoms with van der Waals surface area (Å²) in [6, 6.07) is 19.7. The van der Waals surface area contributed by atoms with Crippen molar-refractivity contribution in [1.29, 1.82) is 0 Å². The van der Waals surface area contributed by atoms with Gasteiger partial charge in [-0.15, -0.1) is 10.2 Å². The number of rotatable bonds is 0. The molecule has 0 bridgehead atoms. The van der Waals surface area contributed by atoms with Crippen molar-refractivity contribution in [3.05, 3.63) is 76.9 Å². The van der Waals surface area contributed by atoms with Crippen molar-refractivity contribution in [2.75, 3.05) is 0 Å². The molecule has 5 nitrogen and oxygen atoms in total. The van der Waals surface area contributed by atoms with Gasteiger partial charge in [-0.25, -0.2) is 23.1 Å². The smallest absolute Gasteiger partial charge is 0.222 e. The molecule has 27 heavy (non-hydrogen) atoms. The van der Waals surface area contributed by atoms with E-state index in [4.69, 9.17) is 23.1 Å². The average Bonchev–Trinajstić information content (AvgIpc) is 2.65. The van der Waals surface area contributed by atoms with Crippen LogP contribution >= 0.6 is 0 Å². The Balaban J connectivity index is 0.000000323. The predicted molar refractivity (Wildman–Crippen MR) is 88.8 cm³/mol. The maximum absolute atomic E-state index is 8.49. The molecule has 5 rings (SSSR count). The second kappa shape index (κ2) is 7.03. The molecule has 6 heteroatoms. The van der Waals surface area contributed by atoms with Crippen LogP contribution in [-0.4, -0.2) is 0 Å². The Morgan fingerprint density at radius 1 is 0.593 bits per heavy atom. The molecule has 138 valence electrons. The van der Waals surface area contributed by atoms with Crippen LogP contribution in [0.1, 0.15) is 22.3 Å². The number of hydrogen-bond acceptors (Lipinski definition) is 4. The topological polar surface area (TPSA) is 104 Å². The molecule has 0 amide bonds. The van der Waals surface area contributed by atoms with E-state index in [1.54, 1.807) is 0 Å². The Kier molecular flexibility index (Phi) is 4.72. The molecule has 3 aromatic rings. The molecule has 0 spiro atoms. The van der Waals surface area contributed by atoms with Crippen molar-refractivity contribution in [3.8, 4) is 22.6 Å². The molecule has 0 aliphatic heterocycles. The number of benzene rings is 2. The maximum atomic E-state index is 8.49. The number of aryl methyl sites for hydroxylation is 4. The van der Waals surface area contributed by atoms with Crippen LogP contribution < -0.4 is 18.6 Å². The first-order valence-electron chi connectivity index (χ1n) is 8.67. The molecule has 0 saturated carbocycles. The van der Waals surface area contributed by atoms with Crippen LogP contribution in [0.15, 0.2) is 59.0 Å². The van der Waals surface area contributed by atoms with Gasteiger partial charge < -0.3 is 0 Å². The van der Waals surface area contributed by atoms with E-state index in [2.05, 4.69) is 54.6 Å². The molecule has 0 atom stereocenters. The highest BCUT2D eigenvalue weighted by Crippen LogP contribution is 2.41. The van der Waals surface area contributed by atoms with E-state index in [1.165, 1.54) is 33.4 Å². The minimum Gasteiger partial charge on any atom is -0.222 e. The van der Waals surface area contributed by atoms with E-state index in [-0.39, 0.29) is 0 Å². The highest BCUT2D eigenvalue weighted by atomic mass is 35.7.